The first kappa shape index (κ1) is 15.6. The van der Waals surface area contributed by atoms with Crippen LogP contribution in [0.15, 0.2) is 18.2 Å². The van der Waals surface area contributed by atoms with E-state index in [1.54, 1.807) is 6.92 Å². The van der Waals surface area contributed by atoms with Crippen LogP contribution in [-0.4, -0.2) is 17.7 Å². The lowest BCUT2D eigenvalue weighted by Crippen LogP contribution is -2.47. The van der Waals surface area contributed by atoms with Gasteiger partial charge in [0.05, 0.1) is 17.6 Å². The van der Waals surface area contributed by atoms with Gasteiger partial charge in [0.1, 0.15) is 17.2 Å². The number of hydrogen-bond donors (Lipinski definition) is 1. The summed E-state index contributed by atoms with van der Waals surface area (Å²) in [6.07, 6.45) is 0. The summed E-state index contributed by atoms with van der Waals surface area (Å²) in [4.78, 5) is 11.9. The van der Waals surface area contributed by atoms with Crippen LogP contribution in [0.1, 0.15) is 33.3 Å². The average Bonchev–Trinajstić information content (AvgIpc) is 2.28. The van der Waals surface area contributed by atoms with Crippen molar-refractivity contribution in [2.45, 2.75) is 33.3 Å². The van der Waals surface area contributed by atoms with Gasteiger partial charge >= 0.3 is 5.97 Å². The van der Waals surface area contributed by atoms with E-state index in [9.17, 15) is 18.7 Å². The van der Waals surface area contributed by atoms with Crippen LogP contribution in [0.25, 0.3) is 0 Å². The van der Waals surface area contributed by atoms with Gasteiger partial charge in [-0.15, -0.1) is 0 Å². The third-order valence-corrected chi connectivity index (χ3v) is 3.45. The topological polar surface area (TPSA) is 46.5 Å². The number of rotatable bonds is 4. The van der Waals surface area contributed by atoms with E-state index in [0.717, 1.165) is 12.1 Å². The van der Waals surface area contributed by atoms with Crippen molar-refractivity contribution in [1.29, 1.82) is 0 Å². The molecule has 0 aromatic heterocycles. The van der Waals surface area contributed by atoms with Gasteiger partial charge in [-0.05, 0) is 39.8 Å². The van der Waals surface area contributed by atoms with E-state index < -0.39 is 34.2 Å². The average molecular weight is 272 g/mol. The Bertz CT molecular complexity index is 461. The first-order chi connectivity index (χ1) is 8.66. The van der Waals surface area contributed by atoms with E-state index >= 15 is 0 Å². The summed E-state index contributed by atoms with van der Waals surface area (Å²) < 4.78 is 32.4. The number of carbonyl (C=O) groups is 1. The lowest BCUT2D eigenvalue weighted by atomic mass is 9.71. The number of carbonyl (C=O) groups excluding carboxylic acids is 1. The minimum absolute atomic E-state index is 0.123. The Morgan fingerprint density at radius 2 is 1.74 bits per heavy atom. The highest BCUT2D eigenvalue weighted by Crippen LogP contribution is 2.42. The Kier molecular flexibility index (Phi) is 4.30. The molecule has 0 saturated carbocycles. The summed E-state index contributed by atoms with van der Waals surface area (Å²) in [5.74, 6) is -2.52. The molecule has 1 N–H and O–H groups in total. The van der Waals surface area contributed by atoms with Crippen molar-refractivity contribution in [3.8, 4) is 0 Å². The fourth-order valence-electron chi connectivity index (χ4n) is 1.79. The summed E-state index contributed by atoms with van der Waals surface area (Å²) >= 11 is 0. The fraction of sp³-hybridized carbons (Fsp3) is 0.500. The zero-order valence-electron chi connectivity index (χ0n) is 11.5. The Hall–Kier alpha value is -1.49. The second kappa shape index (κ2) is 5.25. The molecule has 0 aliphatic heterocycles. The van der Waals surface area contributed by atoms with Gasteiger partial charge in [0.15, 0.2) is 0 Å². The molecule has 3 nitrogen and oxygen atoms in total. The number of esters is 1. The minimum atomic E-state index is -2.03. The number of benzene rings is 1. The molecule has 0 radical (unpaired) electrons. The Labute approximate surface area is 111 Å². The monoisotopic (exact) mass is 272 g/mol. The Morgan fingerprint density at radius 3 is 2.16 bits per heavy atom. The number of halogens is 2. The second-order valence-corrected chi connectivity index (χ2v) is 5.01. The Balaban J connectivity index is 3.34. The molecule has 0 fully saturated rings. The fourth-order valence-corrected chi connectivity index (χ4v) is 1.79. The van der Waals surface area contributed by atoms with E-state index in [4.69, 9.17) is 4.74 Å². The van der Waals surface area contributed by atoms with Crippen molar-refractivity contribution >= 4 is 5.97 Å². The maximum atomic E-state index is 13.8. The van der Waals surface area contributed by atoms with E-state index in [0.29, 0.717) is 0 Å². The SMILES string of the molecule is CCOC(=O)C(C)(C)C(C)(O)c1c(F)cccc1F. The number of aliphatic hydroxyl groups is 1. The van der Waals surface area contributed by atoms with Crippen LogP contribution < -0.4 is 0 Å². The van der Waals surface area contributed by atoms with Gasteiger partial charge in [0.2, 0.25) is 0 Å². The first-order valence-electron chi connectivity index (χ1n) is 6.00. The van der Waals surface area contributed by atoms with Crippen LogP contribution in [0.2, 0.25) is 0 Å². The van der Waals surface area contributed by atoms with Gasteiger partial charge in [-0.1, -0.05) is 6.07 Å². The molecule has 1 atom stereocenters. The van der Waals surface area contributed by atoms with Gasteiger partial charge in [-0.3, -0.25) is 4.79 Å². The van der Waals surface area contributed by atoms with E-state index in [1.165, 1.54) is 26.8 Å². The molecule has 0 spiro atoms. The van der Waals surface area contributed by atoms with Gasteiger partial charge in [-0.25, -0.2) is 8.78 Å². The molecule has 0 aliphatic carbocycles. The smallest absolute Gasteiger partial charge is 0.314 e. The third-order valence-electron chi connectivity index (χ3n) is 3.45. The van der Waals surface area contributed by atoms with Crippen LogP contribution in [0.5, 0.6) is 0 Å². The molecule has 0 heterocycles. The highest BCUT2D eigenvalue weighted by molar-refractivity contribution is 5.78. The molecule has 0 saturated heterocycles. The molecule has 0 aliphatic rings. The van der Waals surface area contributed by atoms with Gasteiger partial charge < -0.3 is 9.84 Å². The summed E-state index contributed by atoms with van der Waals surface area (Å²) in [5, 5.41) is 10.5. The van der Waals surface area contributed by atoms with Crippen LogP contribution in [0.3, 0.4) is 0 Å². The zero-order valence-corrected chi connectivity index (χ0v) is 11.5. The van der Waals surface area contributed by atoms with Gasteiger partial charge in [-0.2, -0.15) is 0 Å². The van der Waals surface area contributed by atoms with Gasteiger partial charge in [0.25, 0.3) is 0 Å². The standard InChI is InChI=1S/C14H18F2O3/c1-5-19-12(17)13(2,3)14(4,18)11-9(15)7-6-8-10(11)16/h6-8,18H,5H2,1-4H3. The molecule has 1 aromatic carbocycles. The first-order valence-corrected chi connectivity index (χ1v) is 6.00. The third kappa shape index (κ3) is 2.61. The van der Waals surface area contributed by atoms with Crippen LogP contribution in [0.4, 0.5) is 8.78 Å². The zero-order chi connectivity index (χ0) is 14.8. The number of ether oxygens (including phenoxy) is 1. The minimum Gasteiger partial charge on any atom is -0.465 e. The molecule has 19 heavy (non-hydrogen) atoms. The van der Waals surface area contributed by atoms with Crippen LogP contribution >= 0.6 is 0 Å². The lowest BCUT2D eigenvalue weighted by Gasteiger charge is -2.38. The van der Waals surface area contributed by atoms with Crippen LogP contribution in [0, 0.1) is 17.0 Å². The lowest BCUT2D eigenvalue weighted by molar-refractivity contribution is -0.171. The second-order valence-electron chi connectivity index (χ2n) is 5.01. The molecule has 1 unspecified atom stereocenters. The van der Waals surface area contributed by atoms with Gasteiger partial charge in [0, 0.05) is 0 Å². The quantitative estimate of drug-likeness (QED) is 0.857. The summed E-state index contributed by atoms with van der Waals surface area (Å²) in [5.41, 5.74) is -4.06. The maximum Gasteiger partial charge on any atom is 0.314 e. The van der Waals surface area contributed by atoms with Crippen molar-refractivity contribution < 1.29 is 23.4 Å². The predicted octanol–water partition coefficient (Wildman–Crippen LogP) is 2.76. The molecule has 0 bridgehead atoms. The highest BCUT2D eigenvalue weighted by Gasteiger charge is 2.50. The maximum absolute atomic E-state index is 13.8. The molecule has 5 heteroatoms. The molecular weight excluding hydrogens is 254 g/mol. The molecule has 1 rings (SSSR count). The van der Waals surface area contributed by atoms with Crippen molar-refractivity contribution in [2.24, 2.45) is 5.41 Å². The van der Waals surface area contributed by atoms with Crippen molar-refractivity contribution in [2.75, 3.05) is 6.61 Å². The predicted molar refractivity (Wildman–Crippen MR) is 66.3 cm³/mol. The van der Waals surface area contributed by atoms with E-state index in [-0.39, 0.29) is 6.61 Å². The largest absolute Gasteiger partial charge is 0.465 e. The summed E-state index contributed by atoms with van der Waals surface area (Å²) in [6, 6.07) is 3.27. The molecule has 0 amide bonds. The van der Waals surface area contributed by atoms with Crippen molar-refractivity contribution in [1.82, 2.24) is 0 Å². The normalized spacial score (nSPS) is 14.9. The molecule has 106 valence electrons. The summed E-state index contributed by atoms with van der Waals surface area (Å²) in [7, 11) is 0. The van der Waals surface area contributed by atoms with E-state index in [1.807, 2.05) is 0 Å². The Morgan fingerprint density at radius 1 is 1.26 bits per heavy atom. The van der Waals surface area contributed by atoms with Crippen molar-refractivity contribution in [3.05, 3.63) is 35.4 Å². The highest BCUT2D eigenvalue weighted by atomic mass is 19.1. The summed E-state index contributed by atoms with van der Waals surface area (Å²) in [6.45, 7) is 5.71. The van der Waals surface area contributed by atoms with Crippen molar-refractivity contribution in [3.63, 3.8) is 0 Å². The number of hydrogen-bond acceptors (Lipinski definition) is 3. The van der Waals surface area contributed by atoms with Crippen LogP contribution in [-0.2, 0) is 15.1 Å². The van der Waals surface area contributed by atoms with E-state index in [2.05, 4.69) is 0 Å². The molecule has 1 aromatic rings. The molecular formula is C14H18F2O3.